The van der Waals surface area contributed by atoms with Gasteiger partial charge in [-0.1, -0.05) is 28.4 Å². The number of aliphatic hydroxyl groups excluding tert-OH is 1. The highest BCUT2D eigenvalue weighted by atomic mass is 35.5. The maximum absolute atomic E-state index is 8.74. The van der Waals surface area contributed by atoms with Gasteiger partial charge in [-0.15, -0.1) is 5.10 Å². The number of halogens is 2. The van der Waals surface area contributed by atoms with E-state index in [2.05, 4.69) is 15.6 Å². The molecule has 1 aromatic carbocycles. The zero-order valence-electron chi connectivity index (χ0n) is 10.2. The molecular formula is C12H14Cl2N4O. The van der Waals surface area contributed by atoms with Gasteiger partial charge in [-0.3, -0.25) is 4.68 Å². The molecule has 0 unspecified atom stereocenters. The molecule has 1 heterocycles. The molecule has 0 atom stereocenters. The Bertz CT molecular complexity index is 544. The van der Waals surface area contributed by atoms with Crippen LogP contribution in [0.1, 0.15) is 12.1 Å². The monoisotopic (exact) mass is 300 g/mol. The topological polar surface area (TPSA) is 63.0 Å². The lowest BCUT2D eigenvalue weighted by Gasteiger charge is -2.06. The van der Waals surface area contributed by atoms with E-state index in [1.54, 1.807) is 22.9 Å². The minimum atomic E-state index is 0.144. The van der Waals surface area contributed by atoms with E-state index < -0.39 is 0 Å². The van der Waals surface area contributed by atoms with Gasteiger partial charge in [-0.05, 0) is 24.6 Å². The van der Waals surface area contributed by atoms with E-state index in [0.29, 0.717) is 29.6 Å². The van der Waals surface area contributed by atoms with Gasteiger partial charge in [0.15, 0.2) is 0 Å². The summed E-state index contributed by atoms with van der Waals surface area (Å²) < 4.78 is 1.70. The van der Waals surface area contributed by atoms with Gasteiger partial charge in [0.1, 0.15) is 5.69 Å². The SMILES string of the molecule is OCCCn1cc(CNc2cc(Cl)ccc2Cl)nn1. The Hall–Kier alpha value is -1.30. The fourth-order valence-corrected chi connectivity index (χ4v) is 1.94. The third-order valence-corrected chi connectivity index (χ3v) is 3.08. The summed E-state index contributed by atoms with van der Waals surface area (Å²) in [4.78, 5) is 0. The smallest absolute Gasteiger partial charge is 0.102 e. The van der Waals surface area contributed by atoms with Crippen molar-refractivity contribution in [2.24, 2.45) is 0 Å². The number of aromatic nitrogens is 3. The lowest BCUT2D eigenvalue weighted by Crippen LogP contribution is -2.01. The number of aryl methyl sites for hydroxylation is 1. The lowest BCUT2D eigenvalue weighted by atomic mass is 10.3. The molecule has 0 aliphatic heterocycles. The van der Waals surface area contributed by atoms with Crippen molar-refractivity contribution in [2.45, 2.75) is 19.5 Å². The van der Waals surface area contributed by atoms with Crippen molar-refractivity contribution in [1.82, 2.24) is 15.0 Å². The number of anilines is 1. The first-order chi connectivity index (χ1) is 9.19. The number of aliphatic hydroxyl groups is 1. The lowest BCUT2D eigenvalue weighted by molar-refractivity contribution is 0.276. The van der Waals surface area contributed by atoms with Crippen LogP contribution in [0.3, 0.4) is 0 Å². The minimum Gasteiger partial charge on any atom is -0.396 e. The van der Waals surface area contributed by atoms with Crippen LogP contribution < -0.4 is 5.32 Å². The van der Waals surface area contributed by atoms with Crippen molar-refractivity contribution in [3.63, 3.8) is 0 Å². The minimum absolute atomic E-state index is 0.144. The molecule has 0 spiro atoms. The van der Waals surface area contributed by atoms with Crippen LogP contribution in [0, 0.1) is 0 Å². The van der Waals surface area contributed by atoms with Crippen LogP contribution in [0.15, 0.2) is 24.4 Å². The quantitative estimate of drug-likeness (QED) is 0.861. The Balaban J connectivity index is 1.94. The van der Waals surface area contributed by atoms with E-state index in [9.17, 15) is 0 Å². The predicted molar refractivity (Wildman–Crippen MR) is 75.5 cm³/mol. The number of nitrogens with one attached hydrogen (secondary N) is 1. The summed E-state index contributed by atoms with van der Waals surface area (Å²) in [5, 5.41) is 21.1. The first-order valence-electron chi connectivity index (χ1n) is 5.88. The van der Waals surface area contributed by atoms with Crippen molar-refractivity contribution in [2.75, 3.05) is 11.9 Å². The second kappa shape index (κ2) is 6.75. The van der Waals surface area contributed by atoms with Gasteiger partial charge in [-0.25, -0.2) is 0 Å². The summed E-state index contributed by atoms with van der Waals surface area (Å²) in [6, 6.07) is 5.24. The second-order valence-corrected chi connectivity index (χ2v) is 4.87. The Labute approximate surface area is 121 Å². The summed E-state index contributed by atoms with van der Waals surface area (Å²) in [7, 11) is 0. The number of rotatable bonds is 6. The van der Waals surface area contributed by atoms with Crippen LogP contribution in [-0.2, 0) is 13.1 Å². The molecule has 102 valence electrons. The fraction of sp³-hybridized carbons (Fsp3) is 0.333. The van der Waals surface area contributed by atoms with Crippen LogP contribution in [0.4, 0.5) is 5.69 Å². The summed E-state index contributed by atoms with van der Waals surface area (Å²) >= 11 is 12.0. The molecule has 0 saturated carbocycles. The molecule has 2 N–H and O–H groups in total. The molecule has 7 heteroatoms. The number of benzene rings is 1. The molecule has 2 rings (SSSR count). The van der Waals surface area contributed by atoms with Gasteiger partial charge in [-0.2, -0.15) is 0 Å². The average Bonchev–Trinajstić information content (AvgIpc) is 2.85. The maximum atomic E-state index is 8.74. The van der Waals surface area contributed by atoms with E-state index >= 15 is 0 Å². The van der Waals surface area contributed by atoms with Gasteiger partial charge in [0.25, 0.3) is 0 Å². The zero-order chi connectivity index (χ0) is 13.7. The van der Waals surface area contributed by atoms with E-state index in [0.717, 1.165) is 11.4 Å². The van der Waals surface area contributed by atoms with Crippen LogP contribution in [0.25, 0.3) is 0 Å². The Kier molecular flexibility index (Phi) is 5.01. The molecule has 19 heavy (non-hydrogen) atoms. The number of nitrogens with zero attached hydrogens (tertiary/aromatic N) is 3. The highest BCUT2D eigenvalue weighted by molar-refractivity contribution is 6.35. The maximum Gasteiger partial charge on any atom is 0.102 e. The average molecular weight is 301 g/mol. The Morgan fingerprint density at radius 3 is 2.95 bits per heavy atom. The fourth-order valence-electron chi connectivity index (χ4n) is 1.58. The van der Waals surface area contributed by atoms with Crippen molar-refractivity contribution in [3.05, 3.63) is 40.1 Å². The zero-order valence-corrected chi connectivity index (χ0v) is 11.7. The molecular weight excluding hydrogens is 287 g/mol. The summed E-state index contributed by atoms with van der Waals surface area (Å²) in [5.74, 6) is 0. The summed E-state index contributed by atoms with van der Waals surface area (Å²) in [5.41, 5.74) is 1.56. The van der Waals surface area contributed by atoms with Crippen molar-refractivity contribution in [3.8, 4) is 0 Å². The van der Waals surface area contributed by atoms with E-state index in [4.69, 9.17) is 28.3 Å². The van der Waals surface area contributed by atoms with Crippen LogP contribution in [0.2, 0.25) is 10.0 Å². The van der Waals surface area contributed by atoms with Gasteiger partial charge in [0.2, 0.25) is 0 Å². The van der Waals surface area contributed by atoms with Crippen LogP contribution in [-0.4, -0.2) is 26.7 Å². The number of hydrogen-bond acceptors (Lipinski definition) is 4. The van der Waals surface area contributed by atoms with E-state index in [-0.39, 0.29) is 6.61 Å². The van der Waals surface area contributed by atoms with Gasteiger partial charge < -0.3 is 10.4 Å². The van der Waals surface area contributed by atoms with Crippen molar-refractivity contribution >= 4 is 28.9 Å². The largest absolute Gasteiger partial charge is 0.396 e. The van der Waals surface area contributed by atoms with Gasteiger partial charge >= 0.3 is 0 Å². The third-order valence-electron chi connectivity index (χ3n) is 2.52. The van der Waals surface area contributed by atoms with Gasteiger partial charge in [0.05, 0.1) is 23.5 Å². The normalized spacial score (nSPS) is 10.7. The predicted octanol–water partition coefficient (Wildman–Crippen LogP) is 2.58. The third kappa shape index (κ3) is 4.09. The Morgan fingerprint density at radius 2 is 2.16 bits per heavy atom. The second-order valence-electron chi connectivity index (χ2n) is 4.03. The molecule has 0 fully saturated rings. The molecule has 1 aromatic heterocycles. The molecule has 2 aromatic rings. The first kappa shape index (κ1) is 14.1. The van der Waals surface area contributed by atoms with Gasteiger partial charge in [0, 0.05) is 18.2 Å². The molecule has 0 amide bonds. The summed E-state index contributed by atoms with van der Waals surface area (Å²) in [6.45, 7) is 1.31. The molecule has 0 aliphatic rings. The highest BCUT2D eigenvalue weighted by Gasteiger charge is 2.04. The molecule has 0 radical (unpaired) electrons. The van der Waals surface area contributed by atoms with E-state index in [1.165, 1.54) is 0 Å². The van der Waals surface area contributed by atoms with Crippen molar-refractivity contribution < 1.29 is 5.11 Å². The molecule has 0 bridgehead atoms. The first-order valence-corrected chi connectivity index (χ1v) is 6.63. The molecule has 0 aliphatic carbocycles. The van der Waals surface area contributed by atoms with Crippen LogP contribution >= 0.6 is 23.2 Å². The van der Waals surface area contributed by atoms with Crippen molar-refractivity contribution in [1.29, 1.82) is 0 Å². The Morgan fingerprint density at radius 1 is 1.32 bits per heavy atom. The standard InChI is InChI=1S/C12H14Cl2N4O/c13-9-2-3-11(14)12(6-9)15-7-10-8-18(17-16-10)4-1-5-19/h2-3,6,8,15,19H,1,4-5,7H2. The molecule has 0 saturated heterocycles. The van der Waals surface area contributed by atoms with E-state index in [1.807, 2.05) is 6.20 Å². The van der Waals surface area contributed by atoms with Crippen LogP contribution in [0.5, 0.6) is 0 Å². The number of hydrogen-bond donors (Lipinski definition) is 2. The highest BCUT2D eigenvalue weighted by Crippen LogP contribution is 2.25. The molecule has 5 nitrogen and oxygen atoms in total. The summed E-state index contributed by atoms with van der Waals surface area (Å²) in [6.07, 6.45) is 2.50.